The molecule has 2 fully saturated rings. The van der Waals surface area contributed by atoms with Crippen molar-refractivity contribution in [2.45, 2.75) is 44.8 Å². The van der Waals surface area contributed by atoms with Crippen LogP contribution >= 0.6 is 0 Å². The Labute approximate surface area is 104 Å². The summed E-state index contributed by atoms with van der Waals surface area (Å²) in [6, 6.07) is -0.0943. The summed E-state index contributed by atoms with van der Waals surface area (Å²) in [4.78, 5) is 16.3. The van der Waals surface area contributed by atoms with Gasteiger partial charge in [0.1, 0.15) is 0 Å². The number of carbonyl (C=O) groups excluding carboxylic acids is 1. The molecule has 17 heavy (non-hydrogen) atoms. The molecule has 4 nitrogen and oxygen atoms in total. The zero-order valence-electron chi connectivity index (χ0n) is 10.9. The summed E-state index contributed by atoms with van der Waals surface area (Å²) < 4.78 is 0. The second-order valence-corrected chi connectivity index (χ2v) is 5.52. The molecule has 1 amide bonds. The summed E-state index contributed by atoms with van der Waals surface area (Å²) in [7, 11) is 1.93. The Morgan fingerprint density at radius 2 is 2.00 bits per heavy atom. The summed E-state index contributed by atoms with van der Waals surface area (Å²) >= 11 is 0. The predicted molar refractivity (Wildman–Crippen MR) is 66.6 cm³/mol. The number of amides is 1. The number of likely N-dealkylation sites (tertiary alicyclic amines) is 2. The van der Waals surface area contributed by atoms with Gasteiger partial charge in [0.25, 0.3) is 0 Å². The molecule has 0 aromatic carbocycles. The lowest BCUT2D eigenvalue weighted by molar-refractivity contribution is -0.137. The normalized spacial score (nSPS) is 32.1. The molecule has 2 unspecified atom stereocenters. The van der Waals surface area contributed by atoms with Gasteiger partial charge in [-0.3, -0.25) is 9.69 Å². The minimum absolute atomic E-state index is 0.0943. The first-order chi connectivity index (χ1) is 8.11. The van der Waals surface area contributed by atoms with Gasteiger partial charge in [-0.2, -0.15) is 0 Å². The fraction of sp³-hybridized carbons (Fsp3) is 0.923. The molecule has 4 heteroatoms. The van der Waals surface area contributed by atoms with E-state index in [1.165, 1.54) is 6.42 Å². The second kappa shape index (κ2) is 5.36. The van der Waals surface area contributed by atoms with E-state index in [4.69, 9.17) is 0 Å². The van der Waals surface area contributed by atoms with Crippen LogP contribution in [0, 0.1) is 5.92 Å². The molecule has 0 aromatic rings. The number of nitrogens with zero attached hydrogens (tertiary/aromatic N) is 2. The maximum atomic E-state index is 12.3. The van der Waals surface area contributed by atoms with E-state index >= 15 is 0 Å². The molecule has 2 saturated heterocycles. The van der Waals surface area contributed by atoms with Crippen molar-refractivity contribution in [3.63, 3.8) is 0 Å². The monoisotopic (exact) mass is 240 g/mol. The van der Waals surface area contributed by atoms with Crippen molar-refractivity contribution < 1.29 is 9.90 Å². The molecule has 1 N–H and O–H groups in total. The van der Waals surface area contributed by atoms with Crippen molar-refractivity contribution in [1.29, 1.82) is 0 Å². The lowest BCUT2D eigenvalue weighted by Crippen LogP contribution is -2.47. The van der Waals surface area contributed by atoms with Crippen LogP contribution in [0.5, 0.6) is 0 Å². The fourth-order valence-corrected chi connectivity index (χ4v) is 3.03. The molecular weight excluding hydrogens is 216 g/mol. The highest BCUT2D eigenvalue weighted by Gasteiger charge is 2.36. The lowest BCUT2D eigenvalue weighted by atomic mass is 9.94. The van der Waals surface area contributed by atoms with Crippen molar-refractivity contribution in [2.24, 2.45) is 5.92 Å². The number of β-amino-alcohol motifs (C(OH)–C–C–N with tert-alkyl or cyclic N) is 1. The van der Waals surface area contributed by atoms with Crippen LogP contribution in [0.15, 0.2) is 0 Å². The SMILES string of the molecule is CCC1CCN(C(=O)C2CC(O)CN2C)CC1. The zero-order valence-corrected chi connectivity index (χ0v) is 10.9. The third-order valence-corrected chi connectivity index (χ3v) is 4.31. The third-order valence-electron chi connectivity index (χ3n) is 4.31. The molecular formula is C13H24N2O2. The van der Waals surface area contributed by atoms with E-state index in [1.54, 1.807) is 0 Å². The molecule has 98 valence electrons. The van der Waals surface area contributed by atoms with Gasteiger partial charge in [-0.05, 0) is 32.2 Å². The van der Waals surface area contributed by atoms with Gasteiger partial charge in [-0.1, -0.05) is 13.3 Å². The lowest BCUT2D eigenvalue weighted by Gasteiger charge is -2.34. The Balaban J connectivity index is 1.88. The summed E-state index contributed by atoms with van der Waals surface area (Å²) in [5, 5.41) is 9.58. The van der Waals surface area contributed by atoms with Crippen LogP contribution in [0.1, 0.15) is 32.6 Å². The first-order valence-electron chi connectivity index (χ1n) is 6.79. The van der Waals surface area contributed by atoms with E-state index in [-0.39, 0.29) is 18.1 Å². The van der Waals surface area contributed by atoms with E-state index in [0.717, 1.165) is 31.8 Å². The quantitative estimate of drug-likeness (QED) is 0.773. The van der Waals surface area contributed by atoms with E-state index in [1.807, 2.05) is 16.8 Å². The molecule has 2 aliphatic rings. The van der Waals surface area contributed by atoms with Crippen molar-refractivity contribution >= 4 is 5.91 Å². The largest absolute Gasteiger partial charge is 0.392 e. The molecule has 2 aliphatic heterocycles. The van der Waals surface area contributed by atoms with Crippen molar-refractivity contribution in [3.8, 4) is 0 Å². The summed E-state index contributed by atoms with van der Waals surface area (Å²) in [5.41, 5.74) is 0. The topological polar surface area (TPSA) is 43.8 Å². The molecule has 0 saturated carbocycles. The van der Waals surface area contributed by atoms with Crippen LogP contribution in [0.25, 0.3) is 0 Å². The summed E-state index contributed by atoms with van der Waals surface area (Å²) in [6.07, 6.45) is 3.78. The molecule has 2 rings (SSSR count). The van der Waals surface area contributed by atoms with E-state index in [9.17, 15) is 9.90 Å². The van der Waals surface area contributed by atoms with Gasteiger partial charge in [-0.15, -0.1) is 0 Å². The van der Waals surface area contributed by atoms with Gasteiger partial charge in [0.2, 0.25) is 5.91 Å². The molecule has 0 aliphatic carbocycles. The second-order valence-electron chi connectivity index (χ2n) is 5.52. The standard InChI is InChI=1S/C13H24N2O2/c1-3-10-4-6-15(7-5-10)13(17)12-8-11(16)9-14(12)2/h10-12,16H,3-9H2,1-2H3. The average Bonchev–Trinajstić information content (AvgIpc) is 2.68. The number of likely N-dealkylation sites (N-methyl/N-ethyl adjacent to an activating group) is 1. The van der Waals surface area contributed by atoms with Crippen LogP contribution in [-0.2, 0) is 4.79 Å². The Kier molecular flexibility index (Phi) is 4.05. The van der Waals surface area contributed by atoms with Crippen molar-refractivity contribution in [1.82, 2.24) is 9.80 Å². The minimum Gasteiger partial charge on any atom is -0.392 e. The van der Waals surface area contributed by atoms with Crippen molar-refractivity contribution in [3.05, 3.63) is 0 Å². The molecule has 0 radical (unpaired) electrons. The Morgan fingerprint density at radius 1 is 1.35 bits per heavy atom. The number of piperidine rings is 1. The van der Waals surface area contributed by atoms with Crippen LogP contribution in [0.3, 0.4) is 0 Å². The number of carbonyl (C=O) groups is 1. The first kappa shape index (κ1) is 12.8. The number of aliphatic hydroxyl groups is 1. The predicted octanol–water partition coefficient (Wildman–Crippen LogP) is 0.700. The van der Waals surface area contributed by atoms with Gasteiger partial charge in [0.15, 0.2) is 0 Å². The molecule has 2 atom stereocenters. The Hall–Kier alpha value is -0.610. The van der Waals surface area contributed by atoms with Crippen LogP contribution in [0.4, 0.5) is 0 Å². The average molecular weight is 240 g/mol. The van der Waals surface area contributed by atoms with Gasteiger partial charge in [0, 0.05) is 19.6 Å². The first-order valence-corrected chi connectivity index (χ1v) is 6.79. The Morgan fingerprint density at radius 3 is 2.47 bits per heavy atom. The van der Waals surface area contributed by atoms with E-state index in [0.29, 0.717) is 13.0 Å². The van der Waals surface area contributed by atoms with E-state index in [2.05, 4.69) is 6.92 Å². The maximum Gasteiger partial charge on any atom is 0.240 e. The highest BCUT2D eigenvalue weighted by molar-refractivity contribution is 5.82. The van der Waals surface area contributed by atoms with E-state index < -0.39 is 0 Å². The number of rotatable bonds is 2. The Bertz CT molecular complexity index is 275. The van der Waals surface area contributed by atoms with Crippen LogP contribution in [-0.4, -0.2) is 59.6 Å². The zero-order chi connectivity index (χ0) is 12.4. The summed E-state index contributed by atoms with van der Waals surface area (Å²) in [6.45, 7) is 4.65. The number of hydrogen-bond donors (Lipinski definition) is 1. The number of hydrogen-bond acceptors (Lipinski definition) is 3. The minimum atomic E-state index is -0.331. The molecule has 0 aromatic heterocycles. The fourth-order valence-electron chi connectivity index (χ4n) is 3.03. The maximum absolute atomic E-state index is 12.3. The van der Waals surface area contributed by atoms with Gasteiger partial charge < -0.3 is 10.0 Å². The number of aliphatic hydroxyl groups excluding tert-OH is 1. The third kappa shape index (κ3) is 2.80. The summed E-state index contributed by atoms with van der Waals surface area (Å²) in [5.74, 6) is 1.02. The molecule has 2 heterocycles. The molecule has 0 spiro atoms. The molecule has 0 bridgehead atoms. The highest BCUT2D eigenvalue weighted by Crippen LogP contribution is 2.23. The smallest absolute Gasteiger partial charge is 0.240 e. The van der Waals surface area contributed by atoms with Crippen molar-refractivity contribution in [2.75, 3.05) is 26.7 Å². The van der Waals surface area contributed by atoms with Crippen LogP contribution in [0.2, 0.25) is 0 Å². The van der Waals surface area contributed by atoms with Gasteiger partial charge in [-0.25, -0.2) is 0 Å². The van der Waals surface area contributed by atoms with Gasteiger partial charge >= 0.3 is 0 Å². The van der Waals surface area contributed by atoms with Crippen LogP contribution < -0.4 is 0 Å². The highest BCUT2D eigenvalue weighted by atomic mass is 16.3. The van der Waals surface area contributed by atoms with Gasteiger partial charge in [0.05, 0.1) is 12.1 Å².